The van der Waals surface area contributed by atoms with Gasteiger partial charge in [-0.15, -0.1) is 11.8 Å². The molecule has 1 spiro atoms. The molecule has 3 fully saturated rings. The molecule has 208 valence electrons. The molecular formula is C30H36BrN3O4S. The van der Waals surface area contributed by atoms with Crippen LogP contribution in [0.15, 0.2) is 60.7 Å². The van der Waals surface area contributed by atoms with Crippen molar-refractivity contribution in [3.8, 4) is 0 Å². The number of thioether (sulfide) groups is 1. The Morgan fingerprint density at radius 2 is 1.77 bits per heavy atom. The topological polar surface area (TPSA) is 98.7 Å². The molecule has 2 aromatic rings. The Labute approximate surface area is 242 Å². The first-order valence-electron chi connectivity index (χ1n) is 13.8. The second-order valence-corrected chi connectivity index (χ2v) is 13.4. The Morgan fingerprint density at radius 3 is 2.44 bits per heavy atom. The number of amides is 3. The number of halogens is 1. The van der Waals surface area contributed by atoms with E-state index >= 15 is 0 Å². The second-order valence-electron chi connectivity index (χ2n) is 10.7. The van der Waals surface area contributed by atoms with Crippen molar-refractivity contribution in [2.24, 2.45) is 11.8 Å². The van der Waals surface area contributed by atoms with Crippen LogP contribution in [-0.4, -0.2) is 61.7 Å². The average molecular weight is 615 g/mol. The minimum absolute atomic E-state index is 0.00123. The third-order valence-corrected chi connectivity index (χ3v) is 11.6. The normalized spacial score (nSPS) is 29.8. The van der Waals surface area contributed by atoms with Crippen LogP contribution in [0.5, 0.6) is 0 Å². The van der Waals surface area contributed by atoms with Gasteiger partial charge < -0.3 is 20.6 Å². The lowest BCUT2D eigenvalue weighted by molar-refractivity contribution is -0.143. The lowest BCUT2D eigenvalue weighted by Crippen LogP contribution is -2.55. The third-order valence-electron chi connectivity index (χ3n) is 8.36. The van der Waals surface area contributed by atoms with Crippen LogP contribution in [0.3, 0.4) is 0 Å². The van der Waals surface area contributed by atoms with Crippen LogP contribution >= 0.6 is 27.7 Å². The highest BCUT2D eigenvalue weighted by Gasteiger charge is 2.76. The Bertz CT molecular complexity index is 1190. The molecule has 7 nitrogen and oxygen atoms in total. The summed E-state index contributed by atoms with van der Waals surface area (Å²) in [5, 5.41) is 16.6. The van der Waals surface area contributed by atoms with Gasteiger partial charge in [0, 0.05) is 23.2 Å². The first kappa shape index (κ1) is 28.2. The zero-order chi connectivity index (χ0) is 27.6. The maximum absolute atomic E-state index is 14.4. The summed E-state index contributed by atoms with van der Waals surface area (Å²) >= 11 is 5.42. The van der Waals surface area contributed by atoms with Crippen LogP contribution in [0.1, 0.15) is 49.8 Å². The van der Waals surface area contributed by atoms with Crippen molar-refractivity contribution in [3.63, 3.8) is 0 Å². The molecule has 3 aliphatic heterocycles. The van der Waals surface area contributed by atoms with E-state index in [0.717, 1.165) is 30.4 Å². The van der Waals surface area contributed by atoms with Crippen molar-refractivity contribution in [2.75, 3.05) is 13.2 Å². The largest absolute Gasteiger partial charge is 0.394 e. The van der Waals surface area contributed by atoms with Crippen molar-refractivity contribution in [1.29, 1.82) is 0 Å². The van der Waals surface area contributed by atoms with Gasteiger partial charge in [0.05, 0.1) is 29.2 Å². The van der Waals surface area contributed by atoms with Crippen molar-refractivity contribution in [3.05, 3.63) is 71.8 Å². The van der Waals surface area contributed by atoms with Crippen LogP contribution in [0.2, 0.25) is 0 Å². The molecule has 0 radical (unpaired) electrons. The summed E-state index contributed by atoms with van der Waals surface area (Å²) < 4.78 is -0.748. The van der Waals surface area contributed by atoms with E-state index in [4.69, 9.17) is 0 Å². The van der Waals surface area contributed by atoms with Gasteiger partial charge in [0.25, 0.3) is 0 Å². The highest BCUT2D eigenvalue weighted by Crippen LogP contribution is 2.68. The van der Waals surface area contributed by atoms with Crippen molar-refractivity contribution in [2.45, 2.75) is 66.1 Å². The molecule has 3 unspecified atom stereocenters. The Hall–Kier alpha value is -2.36. The van der Waals surface area contributed by atoms with Gasteiger partial charge in [0.2, 0.25) is 17.7 Å². The van der Waals surface area contributed by atoms with Crippen molar-refractivity contribution < 1.29 is 19.5 Å². The van der Waals surface area contributed by atoms with E-state index in [1.807, 2.05) is 60.7 Å². The van der Waals surface area contributed by atoms with E-state index in [1.54, 1.807) is 16.7 Å². The van der Waals surface area contributed by atoms with Gasteiger partial charge in [-0.3, -0.25) is 14.4 Å². The van der Waals surface area contributed by atoms with Gasteiger partial charge in [-0.1, -0.05) is 96.4 Å². The second kappa shape index (κ2) is 12.0. The van der Waals surface area contributed by atoms with Gasteiger partial charge in [0.1, 0.15) is 6.04 Å². The van der Waals surface area contributed by atoms with E-state index in [0.29, 0.717) is 19.5 Å². The molecule has 2 bridgehead atoms. The van der Waals surface area contributed by atoms with E-state index < -0.39 is 28.7 Å². The number of unbranched alkanes of at least 4 members (excludes halogenated alkanes) is 2. The molecular weight excluding hydrogens is 578 g/mol. The molecule has 0 aromatic heterocycles. The number of benzene rings is 2. The van der Waals surface area contributed by atoms with E-state index in [2.05, 4.69) is 33.5 Å². The number of fused-ring (bicyclic) bond motifs is 1. The first-order chi connectivity index (χ1) is 18.9. The first-order valence-corrected chi connectivity index (χ1v) is 15.6. The van der Waals surface area contributed by atoms with Gasteiger partial charge in [0.15, 0.2) is 0 Å². The fraction of sp³-hybridized carbons (Fsp3) is 0.500. The number of aliphatic hydroxyl groups is 1. The number of rotatable bonds is 11. The number of nitrogens with zero attached hydrogens (tertiary/aromatic N) is 1. The fourth-order valence-corrected chi connectivity index (χ4v) is 10.2. The summed E-state index contributed by atoms with van der Waals surface area (Å²) in [6.07, 6.45) is 3.52. The molecule has 3 aliphatic rings. The van der Waals surface area contributed by atoms with E-state index in [-0.39, 0.29) is 34.4 Å². The van der Waals surface area contributed by atoms with Crippen LogP contribution in [0.4, 0.5) is 0 Å². The van der Waals surface area contributed by atoms with Gasteiger partial charge in [-0.25, -0.2) is 0 Å². The summed E-state index contributed by atoms with van der Waals surface area (Å²) in [5.74, 6) is -1.79. The molecule has 3 N–H and O–H groups in total. The summed E-state index contributed by atoms with van der Waals surface area (Å²) in [6.45, 7) is 2.72. The number of carbonyl (C=O) groups is 3. The minimum Gasteiger partial charge on any atom is -0.394 e. The number of nitrogens with one attached hydrogen (secondary N) is 2. The average Bonchev–Trinajstić information content (AvgIpc) is 3.55. The number of aliphatic hydroxyl groups excluding tert-OH is 1. The maximum atomic E-state index is 14.4. The molecule has 39 heavy (non-hydrogen) atoms. The summed E-state index contributed by atoms with van der Waals surface area (Å²) in [7, 11) is 0. The fourth-order valence-electron chi connectivity index (χ4n) is 6.62. The minimum atomic E-state index is -0.782. The van der Waals surface area contributed by atoms with E-state index in [1.165, 1.54) is 0 Å². The highest BCUT2D eigenvalue weighted by atomic mass is 79.9. The van der Waals surface area contributed by atoms with Gasteiger partial charge in [-0.05, 0) is 24.0 Å². The smallest absolute Gasteiger partial charge is 0.244 e. The summed E-state index contributed by atoms with van der Waals surface area (Å²) in [5.41, 5.74) is 1.76. The zero-order valence-electron chi connectivity index (χ0n) is 22.1. The zero-order valence-corrected chi connectivity index (χ0v) is 24.5. The van der Waals surface area contributed by atoms with Crippen molar-refractivity contribution >= 4 is 45.4 Å². The van der Waals surface area contributed by atoms with Crippen LogP contribution < -0.4 is 10.6 Å². The van der Waals surface area contributed by atoms with E-state index in [9.17, 15) is 19.5 Å². The lowest BCUT2D eigenvalue weighted by atomic mass is 9.70. The summed E-state index contributed by atoms with van der Waals surface area (Å²) in [4.78, 5) is 43.6. The third kappa shape index (κ3) is 5.13. The Balaban J connectivity index is 1.48. The van der Waals surface area contributed by atoms with Crippen LogP contribution in [-0.2, 0) is 20.9 Å². The quantitative estimate of drug-likeness (QED) is 0.264. The predicted octanol–water partition coefficient (Wildman–Crippen LogP) is 3.81. The molecule has 5 rings (SSSR count). The molecule has 3 heterocycles. The lowest BCUT2D eigenvalue weighted by Gasteiger charge is -2.37. The predicted molar refractivity (Wildman–Crippen MR) is 156 cm³/mol. The van der Waals surface area contributed by atoms with Crippen LogP contribution in [0.25, 0.3) is 0 Å². The van der Waals surface area contributed by atoms with Crippen LogP contribution in [0, 0.1) is 11.8 Å². The number of hydrogen-bond acceptors (Lipinski definition) is 5. The highest BCUT2D eigenvalue weighted by molar-refractivity contribution is 9.09. The molecule has 3 amide bonds. The monoisotopic (exact) mass is 613 g/mol. The standard InChI is InChI=1S/C30H36BrN3O4S/c1-2-3-10-15-32-28(37)26-30-16-21(31)25(39-30)23(27(36)33-17-19-11-6-4-7-12-19)24(30)29(38)34(26)22(18-35)20-13-8-5-9-14-20/h4-9,11-14,21-26,35H,2-3,10,15-18H2,1H3,(H,32,37)(H,33,36)/t21?,22-,23-,24+,25-,26?,30?/m1/s1. The van der Waals surface area contributed by atoms with Crippen molar-refractivity contribution in [1.82, 2.24) is 15.5 Å². The Morgan fingerprint density at radius 1 is 1.08 bits per heavy atom. The summed E-state index contributed by atoms with van der Waals surface area (Å²) in [6, 6.07) is 17.6. The molecule has 0 saturated carbocycles. The SMILES string of the molecule is CCCCCNC(=O)C1N([C@H](CO)c2ccccc2)C(=O)[C@@H]2[C@@H](C(=O)NCc3ccccc3)[C@@H]3SC12CC3Br. The molecule has 9 heteroatoms. The molecule has 7 atom stereocenters. The number of likely N-dealkylation sites (tertiary alicyclic amines) is 1. The molecule has 2 aromatic carbocycles. The number of carbonyl (C=O) groups excluding carboxylic acids is 3. The Kier molecular flexibility index (Phi) is 8.69. The van der Waals surface area contributed by atoms with Gasteiger partial charge >= 0.3 is 0 Å². The maximum Gasteiger partial charge on any atom is 0.244 e. The molecule has 0 aliphatic carbocycles. The van der Waals surface area contributed by atoms with Gasteiger partial charge in [-0.2, -0.15) is 0 Å². The number of alkyl halides is 1. The number of hydrogen-bond donors (Lipinski definition) is 3. The molecule has 3 saturated heterocycles.